The fourth-order valence-corrected chi connectivity index (χ4v) is 3.20. The number of hydrogen-bond donors (Lipinski definition) is 0. The summed E-state index contributed by atoms with van der Waals surface area (Å²) in [6.45, 7) is 1.97. The van der Waals surface area contributed by atoms with E-state index in [2.05, 4.69) is 0 Å². The molecule has 1 aromatic carbocycles. The minimum absolute atomic E-state index is 0.184. The Bertz CT molecular complexity index is 505. The van der Waals surface area contributed by atoms with Gasteiger partial charge in [0.25, 0.3) is 0 Å². The van der Waals surface area contributed by atoms with Gasteiger partial charge in [-0.2, -0.15) is 0 Å². The van der Waals surface area contributed by atoms with E-state index >= 15 is 0 Å². The van der Waals surface area contributed by atoms with E-state index < -0.39 is 0 Å². The van der Waals surface area contributed by atoms with Crippen molar-refractivity contribution in [2.45, 2.75) is 12.3 Å². The highest BCUT2D eigenvalue weighted by Gasteiger charge is 2.16. The molecule has 2 rings (SSSR count). The molecule has 84 valence electrons. The van der Waals surface area contributed by atoms with Crippen molar-refractivity contribution in [3.05, 3.63) is 55.7 Å². The molecule has 0 fully saturated rings. The normalized spacial score (nSPS) is 12.8. The number of halogens is 3. The van der Waals surface area contributed by atoms with E-state index in [1.54, 1.807) is 0 Å². The first kappa shape index (κ1) is 12.3. The summed E-state index contributed by atoms with van der Waals surface area (Å²) in [5.74, 6) is 0. The molecule has 0 spiro atoms. The Labute approximate surface area is 114 Å². The van der Waals surface area contributed by atoms with Gasteiger partial charge in [-0.05, 0) is 36.2 Å². The van der Waals surface area contributed by atoms with Crippen LogP contribution in [-0.4, -0.2) is 0 Å². The zero-order valence-corrected chi connectivity index (χ0v) is 11.6. The van der Waals surface area contributed by atoms with Crippen LogP contribution in [0.2, 0.25) is 9.36 Å². The van der Waals surface area contributed by atoms with Crippen LogP contribution in [0.25, 0.3) is 0 Å². The van der Waals surface area contributed by atoms with Crippen molar-refractivity contribution in [2.24, 2.45) is 0 Å². The smallest absolute Gasteiger partial charge is 0.0931 e. The maximum Gasteiger partial charge on any atom is 0.0931 e. The summed E-state index contributed by atoms with van der Waals surface area (Å²) in [5.41, 5.74) is 2.06. The van der Waals surface area contributed by atoms with E-state index in [0.29, 0.717) is 0 Å². The van der Waals surface area contributed by atoms with Crippen LogP contribution in [0.15, 0.2) is 30.3 Å². The van der Waals surface area contributed by atoms with E-state index in [0.717, 1.165) is 25.4 Å². The third-order valence-electron chi connectivity index (χ3n) is 2.43. The lowest BCUT2D eigenvalue weighted by molar-refractivity contribution is 1.15. The molecule has 0 radical (unpaired) electrons. The molecule has 1 heterocycles. The van der Waals surface area contributed by atoms with Crippen molar-refractivity contribution in [1.29, 1.82) is 0 Å². The molecule has 4 heteroatoms. The van der Waals surface area contributed by atoms with Gasteiger partial charge >= 0.3 is 0 Å². The Kier molecular flexibility index (Phi) is 3.81. The zero-order valence-electron chi connectivity index (χ0n) is 8.51. The molecular weight excluding hydrogens is 283 g/mol. The predicted octanol–water partition coefficient (Wildman–Crippen LogP) is 5.69. The molecule has 2 aromatic rings. The van der Waals surface area contributed by atoms with Gasteiger partial charge < -0.3 is 0 Å². The van der Waals surface area contributed by atoms with Gasteiger partial charge in [0, 0.05) is 9.90 Å². The lowest BCUT2D eigenvalue weighted by Crippen LogP contribution is -1.94. The molecule has 0 bridgehead atoms. The molecule has 0 saturated carbocycles. The number of hydrogen-bond acceptors (Lipinski definition) is 1. The van der Waals surface area contributed by atoms with Gasteiger partial charge in [0.15, 0.2) is 0 Å². The second-order valence-electron chi connectivity index (χ2n) is 3.46. The average molecular weight is 292 g/mol. The Hall–Kier alpha value is -0.210. The lowest BCUT2D eigenvalue weighted by Gasteiger charge is -2.12. The first-order valence-electron chi connectivity index (χ1n) is 4.74. The van der Waals surface area contributed by atoms with Crippen molar-refractivity contribution in [2.75, 3.05) is 0 Å². The standard InChI is InChI=1S/C12H9Cl3S/c1-7-8(3-2-4-9(7)13)12(15)10-5-6-11(14)16-10/h2-6,12H,1H3. The van der Waals surface area contributed by atoms with E-state index in [9.17, 15) is 0 Å². The summed E-state index contributed by atoms with van der Waals surface area (Å²) < 4.78 is 0.750. The van der Waals surface area contributed by atoms with Crippen LogP contribution < -0.4 is 0 Å². The Morgan fingerprint density at radius 3 is 2.50 bits per heavy atom. The highest BCUT2D eigenvalue weighted by Crippen LogP contribution is 2.38. The largest absolute Gasteiger partial charge is 0.127 e. The molecule has 0 aliphatic heterocycles. The van der Waals surface area contributed by atoms with Gasteiger partial charge in [-0.25, -0.2) is 0 Å². The fourth-order valence-electron chi connectivity index (χ4n) is 1.52. The Balaban J connectivity index is 2.41. The average Bonchev–Trinajstić information content (AvgIpc) is 2.68. The molecular formula is C12H9Cl3S. The topological polar surface area (TPSA) is 0 Å². The minimum atomic E-state index is -0.184. The second kappa shape index (κ2) is 4.97. The molecule has 0 saturated heterocycles. The van der Waals surface area contributed by atoms with Crippen LogP contribution in [0, 0.1) is 6.92 Å². The third kappa shape index (κ3) is 2.38. The molecule has 16 heavy (non-hydrogen) atoms. The molecule has 0 aliphatic carbocycles. The maximum absolute atomic E-state index is 6.42. The predicted molar refractivity (Wildman–Crippen MR) is 73.2 cm³/mol. The number of thiophene rings is 1. The minimum Gasteiger partial charge on any atom is -0.127 e. The molecule has 0 aliphatic rings. The summed E-state index contributed by atoms with van der Waals surface area (Å²) in [5, 5.41) is 0.557. The third-order valence-corrected chi connectivity index (χ3v) is 4.73. The van der Waals surface area contributed by atoms with Crippen molar-refractivity contribution in [3.8, 4) is 0 Å². The molecule has 1 unspecified atom stereocenters. The highest BCUT2D eigenvalue weighted by molar-refractivity contribution is 7.16. The van der Waals surface area contributed by atoms with Gasteiger partial charge in [0.2, 0.25) is 0 Å². The SMILES string of the molecule is Cc1c(Cl)cccc1C(Cl)c1ccc(Cl)s1. The molecule has 1 atom stereocenters. The summed E-state index contributed by atoms with van der Waals surface area (Å²) in [4.78, 5) is 1.04. The summed E-state index contributed by atoms with van der Waals surface area (Å²) in [7, 11) is 0. The lowest BCUT2D eigenvalue weighted by atomic mass is 10.0. The monoisotopic (exact) mass is 290 g/mol. The van der Waals surface area contributed by atoms with Gasteiger partial charge in [0.1, 0.15) is 0 Å². The summed E-state index contributed by atoms with van der Waals surface area (Å²) in [6.07, 6.45) is 0. The molecule has 0 nitrogen and oxygen atoms in total. The van der Waals surface area contributed by atoms with E-state index in [1.807, 2.05) is 37.3 Å². The van der Waals surface area contributed by atoms with Crippen molar-refractivity contribution >= 4 is 46.1 Å². The van der Waals surface area contributed by atoms with Gasteiger partial charge in [0.05, 0.1) is 9.71 Å². The molecule has 0 amide bonds. The van der Waals surface area contributed by atoms with Crippen LogP contribution in [0.3, 0.4) is 0 Å². The molecule has 0 N–H and O–H groups in total. The molecule has 1 aromatic heterocycles. The van der Waals surface area contributed by atoms with Crippen LogP contribution in [0.5, 0.6) is 0 Å². The first-order valence-corrected chi connectivity index (χ1v) is 6.75. The zero-order chi connectivity index (χ0) is 11.7. The quantitative estimate of drug-likeness (QED) is 0.623. The van der Waals surface area contributed by atoms with E-state index in [4.69, 9.17) is 34.8 Å². The van der Waals surface area contributed by atoms with Gasteiger partial charge in [-0.3, -0.25) is 0 Å². The van der Waals surface area contributed by atoms with Gasteiger partial charge in [-0.15, -0.1) is 22.9 Å². The van der Waals surface area contributed by atoms with Crippen molar-refractivity contribution < 1.29 is 0 Å². The summed E-state index contributed by atoms with van der Waals surface area (Å²) >= 11 is 19.9. The highest BCUT2D eigenvalue weighted by atomic mass is 35.5. The van der Waals surface area contributed by atoms with Crippen molar-refractivity contribution in [1.82, 2.24) is 0 Å². The number of alkyl halides is 1. The Morgan fingerprint density at radius 1 is 1.12 bits per heavy atom. The van der Waals surface area contributed by atoms with Gasteiger partial charge in [-0.1, -0.05) is 35.3 Å². The second-order valence-corrected chi connectivity index (χ2v) is 6.05. The van der Waals surface area contributed by atoms with Crippen molar-refractivity contribution in [3.63, 3.8) is 0 Å². The van der Waals surface area contributed by atoms with Crippen LogP contribution in [0.4, 0.5) is 0 Å². The first-order chi connectivity index (χ1) is 7.59. The van der Waals surface area contributed by atoms with E-state index in [-0.39, 0.29) is 5.38 Å². The van der Waals surface area contributed by atoms with E-state index in [1.165, 1.54) is 11.3 Å². The number of benzene rings is 1. The summed E-state index contributed by atoms with van der Waals surface area (Å²) in [6, 6.07) is 9.58. The maximum atomic E-state index is 6.42. The van der Waals surface area contributed by atoms with Crippen LogP contribution >= 0.6 is 46.1 Å². The number of rotatable bonds is 2. The fraction of sp³-hybridized carbons (Fsp3) is 0.167. The Morgan fingerprint density at radius 2 is 1.88 bits per heavy atom. The van der Waals surface area contributed by atoms with Crippen LogP contribution in [0.1, 0.15) is 21.4 Å². The van der Waals surface area contributed by atoms with Crippen LogP contribution in [-0.2, 0) is 0 Å².